The standard InChI is InChI=1S/C24H26FNO5/c25-21-7-5-19(6-8-21)20-13-22(24(28)26-9-11-29-12-10-26)31-23(14-20)30-16-18-3-1-17(15-27)2-4-18/h1-8,13,20,23,27H,9-12,14-16H2/t20-,23+/m1/s1. The topological polar surface area (TPSA) is 68.2 Å². The minimum absolute atomic E-state index is 0.00989. The molecular formula is C24H26FNO5. The van der Waals surface area contributed by atoms with Crippen LogP contribution < -0.4 is 0 Å². The van der Waals surface area contributed by atoms with Crippen LogP contribution in [0.2, 0.25) is 0 Å². The third-order valence-electron chi connectivity index (χ3n) is 5.51. The van der Waals surface area contributed by atoms with Crippen molar-refractivity contribution in [3.8, 4) is 0 Å². The van der Waals surface area contributed by atoms with E-state index in [1.54, 1.807) is 23.1 Å². The van der Waals surface area contributed by atoms with E-state index in [9.17, 15) is 14.3 Å². The van der Waals surface area contributed by atoms with Crippen molar-refractivity contribution in [2.45, 2.75) is 31.8 Å². The van der Waals surface area contributed by atoms with Gasteiger partial charge in [-0.05, 0) is 34.9 Å². The first kappa shape index (κ1) is 21.5. The van der Waals surface area contributed by atoms with Gasteiger partial charge in [-0.15, -0.1) is 0 Å². The van der Waals surface area contributed by atoms with Gasteiger partial charge in [-0.2, -0.15) is 0 Å². The molecule has 1 fully saturated rings. The van der Waals surface area contributed by atoms with Crippen molar-refractivity contribution < 1.29 is 28.5 Å². The maximum atomic E-state index is 13.4. The van der Waals surface area contributed by atoms with Crippen LogP contribution in [0.15, 0.2) is 60.4 Å². The molecule has 31 heavy (non-hydrogen) atoms. The fourth-order valence-corrected chi connectivity index (χ4v) is 3.71. The highest BCUT2D eigenvalue weighted by atomic mass is 19.1. The summed E-state index contributed by atoms with van der Waals surface area (Å²) in [6, 6.07) is 13.8. The summed E-state index contributed by atoms with van der Waals surface area (Å²) in [7, 11) is 0. The summed E-state index contributed by atoms with van der Waals surface area (Å²) in [5, 5.41) is 9.18. The number of morpholine rings is 1. The minimum Gasteiger partial charge on any atom is -0.459 e. The molecule has 0 saturated carbocycles. The third kappa shape index (κ3) is 5.50. The second-order valence-electron chi connectivity index (χ2n) is 7.66. The maximum Gasteiger partial charge on any atom is 0.288 e. The van der Waals surface area contributed by atoms with Gasteiger partial charge in [0, 0.05) is 25.4 Å². The van der Waals surface area contributed by atoms with Crippen LogP contribution in [0.25, 0.3) is 0 Å². The van der Waals surface area contributed by atoms with E-state index in [4.69, 9.17) is 14.2 Å². The first-order valence-corrected chi connectivity index (χ1v) is 10.4. The molecule has 2 aliphatic heterocycles. The molecular weight excluding hydrogens is 401 g/mol. The van der Waals surface area contributed by atoms with Gasteiger partial charge in [-0.3, -0.25) is 4.79 Å². The van der Waals surface area contributed by atoms with Crippen molar-refractivity contribution in [1.29, 1.82) is 0 Å². The number of carbonyl (C=O) groups excluding carboxylic acids is 1. The van der Waals surface area contributed by atoms with Gasteiger partial charge >= 0.3 is 0 Å². The average Bonchev–Trinajstić information content (AvgIpc) is 2.83. The Morgan fingerprint density at radius 1 is 1.06 bits per heavy atom. The van der Waals surface area contributed by atoms with Crippen LogP contribution in [0.4, 0.5) is 4.39 Å². The third-order valence-corrected chi connectivity index (χ3v) is 5.51. The molecule has 0 radical (unpaired) electrons. The van der Waals surface area contributed by atoms with Crippen molar-refractivity contribution >= 4 is 5.91 Å². The van der Waals surface area contributed by atoms with Gasteiger partial charge in [0.1, 0.15) is 5.82 Å². The molecule has 0 unspecified atom stereocenters. The Balaban J connectivity index is 1.49. The van der Waals surface area contributed by atoms with E-state index < -0.39 is 6.29 Å². The number of ether oxygens (including phenoxy) is 3. The number of carbonyl (C=O) groups is 1. The van der Waals surface area contributed by atoms with Crippen LogP contribution in [0.1, 0.15) is 29.0 Å². The largest absolute Gasteiger partial charge is 0.459 e. The number of benzene rings is 2. The molecule has 1 saturated heterocycles. The number of allylic oxidation sites excluding steroid dienone is 1. The maximum absolute atomic E-state index is 13.4. The molecule has 0 spiro atoms. The van der Waals surface area contributed by atoms with Crippen molar-refractivity contribution in [3.63, 3.8) is 0 Å². The lowest BCUT2D eigenvalue weighted by molar-refractivity contribution is -0.158. The summed E-state index contributed by atoms with van der Waals surface area (Å²) in [6.45, 7) is 2.34. The SMILES string of the molecule is O=C(C1=C[C@@H](c2ccc(F)cc2)C[C@@H](OCc2ccc(CO)cc2)O1)N1CCOCC1. The number of rotatable bonds is 6. The lowest BCUT2D eigenvalue weighted by atomic mass is 9.93. The lowest BCUT2D eigenvalue weighted by Crippen LogP contribution is -2.43. The lowest BCUT2D eigenvalue weighted by Gasteiger charge is -2.33. The highest BCUT2D eigenvalue weighted by Crippen LogP contribution is 2.32. The van der Waals surface area contributed by atoms with Crippen molar-refractivity contribution in [1.82, 2.24) is 4.90 Å². The summed E-state index contributed by atoms with van der Waals surface area (Å²) >= 11 is 0. The molecule has 6 nitrogen and oxygen atoms in total. The molecule has 7 heteroatoms. The Bertz CT molecular complexity index is 907. The summed E-state index contributed by atoms with van der Waals surface area (Å²) in [4.78, 5) is 14.7. The zero-order chi connectivity index (χ0) is 21.6. The number of hydrogen-bond donors (Lipinski definition) is 1. The van der Waals surface area contributed by atoms with Crippen molar-refractivity contribution in [3.05, 3.63) is 82.9 Å². The van der Waals surface area contributed by atoms with Crippen LogP contribution in [0.5, 0.6) is 0 Å². The molecule has 2 atom stereocenters. The Morgan fingerprint density at radius 2 is 1.74 bits per heavy atom. The molecule has 0 aliphatic carbocycles. The predicted molar refractivity (Wildman–Crippen MR) is 111 cm³/mol. The zero-order valence-corrected chi connectivity index (χ0v) is 17.2. The van der Waals surface area contributed by atoms with Crippen molar-refractivity contribution in [2.24, 2.45) is 0 Å². The summed E-state index contributed by atoms with van der Waals surface area (Å²) in [5.74, 6) is -0.362. The van der Waals surface area contributed by atoms with Gasteiger partial charge in [0.15, 0.2) is 5.76 Å². The molecule has 1 N–H and O–H groups in total. The fourth-order valence-electron chi connectivity index (χ4n) is 3.71. The summed E-state index contributed by atoms with van der Waals surface area (Å²) in [5.41, 5.74) is 2.67. The van der Waals surface area contributed by atoms with E-state index in [1.165, 1.54) is 12.1 Å². The van der Waals surface area contributed by atoms with Crippen LogP contribution >= 0.6 is 0 Å². The molecule has 1 amide bonds. The fraction of sp³-hybridized carbons (Fsp3) is 0.375. The number of aliphatic hydroxyl groups is 1. The molecule has 4 rings (SSSR count). The summed E-state index contributed by atoms with van der Waals surface area (Å²) < 4.78 is 30.6. The second-order valence-corrected chi connectivity index (χ2v) is 7.66. The van der Waals surface area contributed by atoms with E-state index in [0.29, 0.717) is 39.3 Å². The Morgan fingerprint density at radius 3 is 2.42 bits per heavy atom. The van der Waals surface area contributed by atoms with E-state index in [0.717, 1.165) is 16.7 Å². The first-order chi connectivity index (χ1) is 15.1. The zero-order valence-electron chi connectivity index (χ0n) is 17.2. The average molecular weight is 427 g/mol. The highest BCUT2D eigenvalue weighted by Gasteiger charge is 2.31. The number of halogens is 1. The smallest absolute Gasteiger partial charge is 0.288 e. The van der Waals surface area contributed by atoms with E-state index >= 15 is 0 Å². The van der Waals surface area contributed by atoms with Gasteiger partial charge < -0.3 is 24.2 Å². The molecule has 0 bridgehead atoms. The van der Waals surface area contributed by atoms with Crippen LogP contribution in [-0.4, -0.2) is 48.5 Å². The first-order valence-electron chi connectivity index (χ1n) is 10.4. The Labute approximate surface area is 180 Å². The quantitative estimate of drug-likeness (QED) is 0.767. The van der Waals surface area contributed by atoms with Crippen LogP contribution in [-0.2, 0) is 32.2 Å². The number of aliphatic hydroxyl groups excluding tert-OH is 1. The van der Waals surface area contributed by atoms with Crippen LogP contribution in [0.3, 0.4) is 0 Å². The van der Waals surface area contributed by atoms with Gasteiger partial charge in [-0.1, -0.05) is 36.4 Å². The molecule has 2 aromatic rings. The molecule has 0 aromatic heterocycles. The number of amides is 1. The van der Waals surface area contributed by atoms with E-state index in [-0.39, 0.29) is 30.0 Å². The second kappa shape index (κ2) is 10.0. The predicted octanol–water partition coefficient (Wildman–Crippen LogP) is 3.11. The summed E-state index contributed by atoms with van der Waals surface area (Å²) in [6.07, 6.45) is 1.71. The van der Waals surface area contributed by atoms with Gasteiger partial charge in [0.25, 0.3) is 5.91 Å². The number of hydrogen-bond acceptors (Lipinski definition) is 5. The molecule has 164 valence electrons. The molecule has 2 aliphatic rings. The van der Waals surface area contributed by atoms with E-state index in [1.807, 2.05) is 24.3 Å². The highest BCUT2D eigenvalue weighted by molar-refractivity contribution is 5.91. The van der Waals surface area contributed by atoms with Gasteiger partial charge in [0.2, 0.25) is 6.29 Å². The Hall–Kier alpha value is -2.74. The monoisotopic (exact) mass is 427 g/mol. The van der Waals surface area contributed by atoms with E-state index in [2.05, 4.69) is 0 Å². The molecule has 2 aromatic carbocycles. The number of nitrogens with zero attached hydrogens (tertiary/aromatic N) is 1. The Kier molecular flexibility index (Phi) is 6.96. The van der Waals surface area contributed by atoms with Crippen LogP contribution in [0, 0.1) is 5.82 Å². The molecule has 2 heterocycles. The minimum atomic E-state index is -0.613. The van der Waals surface area contributed by atoms with Gasteiger partial charge in [0.05, 0.1) is 26.4 Å². The van der Waals surface area contributed by atoms with Crippen molar-refractivity contribution in [2.75, 3.05) is 26.3 Å². The normalized spacial score (nSPS) is 21.4. The van der Waals surface area contributed by atoms with Gasteiger partial charge in [-0.25, -0.2) is 4.39 Å².